The Morgan fingerprint density at radius 2 is 1.73 bits per heavy atom. The summed E-state index contributed by atoms with van der Waals surface area (Å²) in [7, 11) is -2.29. The van der Waals surface area contributed by atoms with Crippen LogP contribution in [0.2, 0.25) is 5.02 Å². The number of sulfone groups is 1. The molecule has 0 spiro atoms. The molecule has 0 aliphatic rings. The Kier molecular flexibility index (Phi) is 5.61. The van der Waals surface area contributed by atoms with E-state index >= 15 is 0 Å². The third kappa shape index (κ3) is 3.97. The molecule has 3 aromatic carbocycles. The van der Waals surface area contributed by atoms with E-state index in [0.29, 0.717) is 33.9 Å². The number of nitrogens with zero attached hydrogens (tertiary/aromatic N) is 1. The first-order valence-electron chi connectivity index (χ1n) is 9.24. The van der Waals surface area contributed by atoms with E-state index < -0.39 is 9.84 Å². The summed E-state index contributed by atoms with van der Waals surface area (Å²) in [5.74, 6) is 0.583. The first-order chi connectivity index (χ1) is 14.5. The number of benzene rings is 3. The number of hydrogen-bond acceptors (Lipinski definition) is 5. The van der Waals surface area contributed by atoms with Gasteiger partial charge in [-0.05, 0) is 48.0 Å². The molecule has 0 amide bonds. The molecular weight excluding hydrogens is 420 g/mol. The number of fused-ring (bicyclic) bond motifs is 1. The van der Waals surface area contributed by atoms with Crippen molar-refractivity contribution in [2.75, 3.05) is 12.4 Å². The summed E-state index contributed by atoms with van der Waals surface area (Å²) < 4.78 is 32.0. The predicted octanol–water partition coefficient (Wildman–Crippen LogP) is 5.34. The number of aromatic nitrogens is 1. The zero-order valence-corrected chi connectivity index (χ0v) is 17.7. The topological polar surface area (TPSA) is 68.3 Å². The maximum atomic E-state index is 13.4. The Morgan fingerprint density at radius 3 is 2.43 bits per heavy atom. The first-order valence-corrected chi connectivity index (χ1v) is 11.1. The molecule has 7 heteroatoms. The van der Waals surface area contributed by atoms with E-state index in [0.717, 1.165) is 5.56 Å². The number of nitrogens with one attached hydrogen (secondary N) is 1. The number of methoxy groups -OCH3 is 1. The molecule has 1 heterocycles. The lowest BCUT2D eigenvalue weighted by atomic mass is 10.1. The SMILES string of the molecule is COc1ccc(S(=O)(=O)c2cnc3ccc(Cl)cc3c2NCc2ccccc2)cc1. The van der Waals surface area contributed by atoms with Gasteiger partial charge in [-0.3, -0.25) is 4.98 Å². The van der Waals surface area contributed by atoms with Crippen LogP contribution in [0.15, 0.2) is 88.8 Å². The molecule has 0 unspecified atom stereocenters. The summed E-state index contributed by atoms with van der Waals surface area (Å²) in [6.45, 7) is 0.456. The highest BCUT2D eigenvalue weighted by atomic mass is 35.5. The Morgan fingerprint density at radius 1 is 1.00 bits per heavy atom. The van der Waals surface area contributed by atoms with Gasteiger partial charge in [-0.2, -0.15) is 0 Å². The van der Waals surface area contributed by atoms with Gasteiger partial charge in [-0.25, -0.2) is 8.42 Å². The maximum Gasteiger partial charge on any atom is 0.210 e. The number of rotatable bonds is 6. The van der Waals surface area contributed by atoms with E-state index in [9.17, 15) is 8.42 Å². The number of ether oxygens (including phenoxy) is 1. The summed E-state index contributed by atoms with van der Waals surface area (Å²) in [4.78, 5) is 4.62. The molecule has 0 radical (unpaired) electrons. The lowest BCUT2D eigenvalue weighted by Crippen LogP contribution is -2.09. The van der Waals surface area contributed by atoms with Crippen LogP contribution in [0.25, 0.3) is 10.9 Å². The zero-order chi connectivity index (χ0) is 21.1. The molecule has 1 aromatic heterocycles. The van der Waals surface area contributed by atoms with Gasteiger partial charge in [0.1, 0.15) is 10.6 Å². The van der Waals surface area contributed by atoms with Crippen molar-refractivity contribution in [3.8, 4) is 5.75 Å². The van der Waals surface area contributed by atoms with E-state index in [1.165, 1.54) is 25.4 Å². The lowest BCUT2D eigenvalue weighted by Gasteiger charge is -2.16. The fourth-order valence-electron chi connectivity index (χ4n) is 3.20. The van der Waals surface area contributed by atoms with Gasteiger partial charge < -0.3 is 10.1 Å². The number of hydrogen-bond donors (Lipinski definition) is 1. The Labute approximate surface area is 180 Å². The van der Waals surface area contributed by atoms with Gasteiger partial charge in [0.2, 0.25) is 9.84 Å². The van der Waals surface area contributed by atoms with Crippen molar-refractivity contribution >= 4 is 38.0 Å². The van der Waals surface area contributed by atoms with Crippen LogP contribution in [0, 0.1) is 0 Å². The molecule has 4 rings (SSSR count). The molecule has 5 nitrogen and oxygen atoms in total. The summed E-state index contributed by atoms with van der Waals surface area (Å²) in [6.07, 6.45) is 1.39. The maximum absolute atomic E-state index is 13.4. The van der Waals surface area contributed by atoms with Gasteiger partial charge in [0.15, 0.2) is 0 Å². The molecule has 0 atom stereocenters. The minimum absolute atomic E-state index is 0.0957. The highest BCUT2D eigenvalue weighted by Gasteiger charge is 2.24. The Balaban J connectivity index is 1.85. The minimum atomic E-state index is -3.83. The highest BCUT2D eigenvalue weighted by Crippen LogP contribution is 2.35. The van der Waals surface area contributed by atoms with Gasteiger partial charge in [-0.1, -0.05) is 41.9 Å². The molecule has 0 saturated carbocycles. The van der Waals surface area contributed by atoms with Gasteiger partial charge >= 0.3 is 0 Å². The molecule has 0 aliphatic carbocycles. The van der Waals surface area contributed by atoms with Crippen molar-refractivity contribution in [3.63, 3.8) is 0 Å². The van der Waals surface area contributed by atoms with Crippen molar-refractivity contribution in [3.05, 3.63) is 89.6 Å². The summed E-state index contributed by atoms with van der Waals surface area (Å²) in [6, 6.07) is 21.3. The minimum Gasteiger partial charge on any atom is -0.497 e. The Bertz CT molecular complexity index is 1290. The van der Waals surface area contributed by atoms with Gasteiger partial charge in [0.25, 0.3) is 0 Å². The summed E-state index contributed by atoms with van der Waals surface area (Å²) in [5.41, 5.74) is 2.16. The van der Waals surface area contributed by atoms with Crippen molar-refractivity contribution in [2.45, 2.75) is 16.3 Å². The van der Waals surface area contributed by atoms with E-state index in [1.807, 2.05) is 30.3 Å². The van der Waals surface area contributed by atoms with Crippen LogP contribution in [-0.4, -0.2) is 20.5 Å². The van der Waals surface area contributed by atoms with Crippen molar-refractivity contribution in [2.24, 2.45) is 0 Å². The fraction of sp³-hybridized carbons (Fsp3) is 0.0870. The van der Waals surface area contributed by atoms with Crippen molar-refractivity contribution in [1.29, 1.82) is 0 Å². The molecule has 30 heavy (non-hydrogen) atoms. The smallest absolute Gasteiger partial charge is 0.210 e. The van der Waals surface area contributed by atoms with Crippen LogP contribution < -0.4 is 10.1 Å². The Hall–Kier alpha value is -3.09. The second-order valence-electron chi connectivity index (χ2n) is 6.68. The first kappa shape index (κ1) is 20.2. The van der Waals surface area contributed by atoms with Crippen LogP contribution in [0.1, 0.15) is 5.56 Å². The van der Waals surface area contributed by atoms with E-state index in [1.54, 1.807) is 30.3 Å². The summed E-state index contributed by atoms with van der Waals surface area (Å²) >= 11 is 6.21. The molecular formula is C23H19ClN2O3S. The molecule has 152 valence electrons. The second kappa shape index (κ2) is 8.34. The van der Waals surface area contributed by atoms with E-state index in [-0.39, 0.29) is 9.79 Å². The molecule has 0 aliphatic heterocycles. The third-order valence-electron chi connectivity index (χ3n) is 4.77. The van der Waals surface area contributed by atoms with E-state index in [4.69, 9.17) is 16.3 Å². The van der Waals surface area contributed by atoms with Gasteiger partial charge in [0.05, 0.1) is 23.2 Å². The number of anilines is 1. The van der Waals surface area contributed by atoms with Gasteiger partial charge in [-0.15, -0.1) is 0 Å². The van der Waals surface area contributed by atoms with Crippen LogP contribution in [-0.2, 0) is 16.4 Å². The average Bonchev–Trinajstić information content (AvgIpc) is 2.78. The third-order valence-corrected chi connectivity index (χ3v) is 6.78. The van der Waals surface area contributed by atoms with Gasteiger partial charge in [0, 0.05) is 23.2 Å². The average molecular weight is 439 g/mol. The predicted molar refractivity (Wildman–Crippen MR) is 119 cm³/mol. The summed E-state index contributed by atoms with van der Waals surface area (Å²) in [5, 5.41) is 4.45. The molecule has 1 N–H and O–H groups in total. The normalized spacial score (nSPS) is 11.4. The molecule has 0 saturated heterocycles. The van der Waals surface area contributed by atoms with Crippen LogP contribution in [0.3, 0.4) is 0 Å². The number of halogens is 1. The highest BCUT2D eigenvalue weighted by molar-refractivity contribution is 7.91. The van der Waals surface area contributed by atoms with Crippen molar-refractivity contribution < 1.29 is 13.2 Å². The molecule has 0 fully saturated rings. The second-order valence-corrected chi connectivity index (χ2v) is 9.03. The van der Waals surface area contributed by atoms with Crippen LogP contribution >= 0.6 is 11.6 Å². The van der Waals surface area contributed by atoms with E-state index in [2.05, 4.69) is 10.3 Å². The zero-order valence-electron chi connectivity index (χ0n) is 16.2. The monoisotopic (exact) mass is 438 g/mol. The number of pyridine rings is 1. The lowest BCUT2D eigenvalue weighted by molar-refractivity contribution is 0.414. The fourth-order valence-corrected chi connectivity index (χ4v) is 4.76. The standard InChI is InChI=1S/C23H19ClN2O3S/c1-29-18-8-10-19(11-9-18)30(27,28)22-15-25-21-12-7-17(24)13-20(21)23(22)26-14-16-5-3-2-4-6-16/h2-13,15H,14H2,1H3,(H,25,26). The van der Waals surface area contributed by atoms with Crippen molar-refractivity contribution in [1.82, 2.24) is 4.98 Å². The molecule has 4 aromatic rings. The molecule has 0 bridgehead atoms. The largest absolute Gasteiger partial charge is 0.497 e. The quantitative estimate of drug-likeness (QED) is 0.440. The van der Waals surface area contributed by atoms with Crippen LogP contribution in [0.4, 0.5) is 5.69 Å². The van der Waals surface area contributed by atoms with Crippen LogP contribution in [0.5, 0.6) is 5.75 Å².